The van der Waals surface area contributed by atoms with Gasteiger partial charge in [-0.3, -0.25) is 0 Å². The molecular formula is C15H22F3NS. The molecule has 0 aliphatic carbocycles. The second-order valence-electron chi connectivity index (χ2n) is 4.89. The lowest BCUT2D eigenvalue weighted by Crippen LogP contribution is -2.31. The molecule has 1 nitrogen and oxygen atoms in total. The van der Waals surface area contributed by atoms with Gasteiger partial charge in [0.2, 0.25) is 0 Å². The highest BCUT2D eigenvalue weighted by Gasteiger charge is 2.26. The second kappa shape index (κ2) is 8.57. The Balaban J connectivity index is 2.38. The minimum Gasteiger partial charge on any atom is -0.313 e. The van der Waals surface area contributed by atoms with Crippen LogP contribution in [0.15, 0.2) is 29.2 Å². The minimum atomic E-state index is -4.04. The number of nitrogens with one attached hydrogen (secondary N) is 1. The molecule has 0 radical (unpaired) electrons. The molecule has 0 aliphatic rings. The van der Waals surface area contributed by atoms with E-state index in [1.165, 1.54) is 10.5 Å². The van der Waals surface area contributed by atoms with Crippen LogP contribution in [0.3, 0.4) is 0 Å². The lowest BCUT2D eigenvalue weighted by atomic mass is 10.1. The lowest BCUT2D eigenvalue weighted by Gasteiger charge is -2.18. The first-order chi connectivity index (χ1) is 9.40. The normalized spacial score (nSPS) is 13.4. The number of rotatable bonds is 8. The summed E-state index contributed by atoms with van der Waals surface area (Å²) in [6.45, 7) is 4.80. The third-order valence-electron chi connectivity index (χ3n) is 2.95. The maximum atomic E-state index is 12.2. The van der Waals surface area contributed by atoms with E-state index in [4.69, 9.17) is 0 Å². The van der Waals surface area contributed by atoms with Gasteiger partial charge in [0.1, 0.15) is 0 Å². The third-order valence-corrected chi connectivity index (χ3v) is 4.10. The highest BCUT2D eigenvalue weighted by Crippen LogP contribution is 2.25. The predicted octanol–water partition coefficient (Wildman–Crippen LogP) is 4.80. The van der Waals surface area contributed by atoms with Crippen LogP contribution in [0.1, 0.15) is 31.7 Å². The topological polar surface area (TPSA) is 12.0 Å². The Labute approximate surface area is 123 Å². The molecule has 1 aromatic rings. The van der Waals surface area contributed by atoms with Crippen molar-refractivity contribution >= 4 is 11.8 Å². The van der Waals surface area contributed by atoms with Gasteiger partial charge in [0.15, 0.2) is 0 Å². The molecule has 5 heteroatoms. The van der Waals surface area contributed by atoms with E-state index in [0.29, 0.717) is 6.42 Å². The molecule has 0 aliphatic heterocycles. The van der Waals surface area contributed by atoms with Crippen molar-refractivity contribution < 1.29 is 13.2 Å². The molecule has 0 aromatic heterocycles. The predicted molar refractivity (Wildman–Crippen MR) is 79.3 cm³/mol. The largest absolute Gasteiger partial charge is 0.389 e. The number of alkyl halides is 3. The zero-order chi connectivity index (χ0) is 15.0. The fourth-order valence-corrected chi connectivity index (χ4v) is 3.11. The van der Waals surface area contributed by atoms with E-state index in [1.807, 2.05) is 32.0 Å². The van der Waals surface area contributed by atoms with Crippen molar-refractivity contribution in [3.8, 4) is 0 Å². The van der Waals surface area contributed by atoms with Crippen LogP contribution in [0, 0.1) is 6.92 Å². The molecule has 1 unspecified atom stereocenters. The third kappa shape index (κ3) is 7.80. The number of halogens is 3. The van der Waals surface area contributed by atoms with Gasteiger partial charge in [-0.2, -0.15) is 13.2 Å². The fourth-order valence-electron chi connectivity index (χ4n) is 1.98. The van der Waals surface area contributed by atoms with E-state index >= 15 is 0 Å². The molecule has 20 heavy (non-hydrogen) atoms. The molecule has 0 amide bonds. The van der Waals surface area contributed by atoms with E-state index in [9.17, 15) is 13.2 Å². The highest BCUT2D eigenvalue weighted by atomic mass is 32.2. The van der Waals surface area contributed by atoms with Crippen molar-refractivity contribution in [2.24, 2.45) is 0 Å². The smallest absolute Gasteiger partial charge is 0.313 e. The Hall–Kier alpha value is -0.680. The summed E-state index contributed by atoms with van der Waals surface area (Å²) in [5, 5.41) is 3.27. The molecular weight excluding hydrogens is 283 g/mol. The summed E-state index contributed by atoms with van der Waals surface area (Å²) < 4.78 is 36.5. The summed E-state index contributed by atoms with van der Waals surface area (Å²) in [5.41, 5.74) is 1.20. The van der Waals surface area contributed by atoms with Gasteiger partial charge in [0, 0.05) is 23.1 Å². The standard InChI is InChI=1S/C15H22F3NS/c1-3-19-13(7-5-9-15(16,17)18)11-20-14-8-4-6-12(2)10-14/h4,6,8,10,13,19H,3,5,7,9,11H2,1-2H3. The first kappa shape index (κ1) is 17.4. The van der Waals surface area contributed by atoms with Crippen LogP contribution in [-0.2, 0) is 0 Å². The van der Waals surface area contributed by atoms with E-state index < -0.39 is 12.6 Å². The molecule has 1 N–H and O–H groups in total. The molecule has 0 saturated heterocycles. The number of hydrogen-bond donors (Lipinski definition) is 1. The monoisotopic (exact) mass is 305 g/mol. The van der Waals surface area contributed by atoms with Gasteiger partial charge in [0.25, 0.3) is 0 Å². The fraction of sp³-hybridized carbons (Fsp3) is 0.600. The summed E-state index contributed by atoms with van der Waals surface area (Å²) >= 11 is 1.70. The number of benzene rings is 1. The molecule has 0 fully saturated rings. The number of aryl methyl sites for hydroxylation is 1. The zero-order valence-corrected chi connectivity index (χ0v) is 12.8. The SMILES string of the molecule is CCNC(CCCC(F)(F)F)CSc1cccc(C)c1. The Bertz CT molecular complexity index is 393. The van der Waals surface area contributed by atoms with Crippen molar-refractivity contribution in [3.05, 3.63) is 29.8 Å². The maximum Gasteiger partial charge on any atom is 0.389 e. The Morgan fingerprint density at radius 2 is 2.05 bits per heavy atom. The maximum absolute atomic E-state index is 12.2. The van der Waals surface area contributed by atoms with Crippen LogP contribution < -0.4 is 5.32 Å². The van der Waals surface area contributed by atoms with Crippen molar-refractivity contribution in [3.63, 3.8) is 0 Å². The van der Waals surface area contributed by atoms with Crippen LogP contribution >= 0.6 is 11.8 Å². The summed E-state index contributed by atoms with van der Waals surface area (Å²) in [7, 11) is 0. The summed E-state index contributed by atoms with van der Waals surface area (Å²) in [6.07, 6.45) is -3.98. The minimum absolute atomic E-state index is 0.132. The van der Waals surface area contributed by atoms with Gasteiger partial charge < -0.3 is 5.32 Å². The summed E-state index contributed by atoms with van der Waals surface area (Å²) in [5.74, 6) is 0.801. The number of thioether (sulfide) groups is 1. The van der Waals surface area contributed by atoms with Crippen LogP contribution in [0.5, 0.6) is 0 Å². The first-order valence-corrected chi connectivity index (χ1v) is 7.89. The first-order valence-electron chi connectivity index (χ1n) is 6.90. The van der Waals surface area contributed by atoms with Gasteiger partial charge >= 0.3 is 6.18 Å². The van der Waals surface area contributed by atoms with Crippen LogP contribution in [0.4, 0.5) is 13.2 Å². The van der Waals surface area contributed by atoms with Gasteiger partial charge in [-0.15, -0.1) is 11.8 Å². The molecule has 0 heterocycles. The molecule has 1 atom stereocenters. The Morgan fingerprint density at radius 1 is 1.30 bits per heavy atom. The van der Waals surface area contributed by atoms with Gasteiger partial charge in [-0.1, -0.05) is 24.6 Å². The second-order valence-corrected chi connectivity index (χ2v) is 5.98. The van der Waals surface area contributed by atoms with E-state index in [0.717, 1.165) is 12.3 Å². The molecule has 0 saturated carbocycles. The lowest BCUT2D eigenvalue weighted by molar-refractivity contribution is -0.135. The average molecular weight is 305 g/mol. The molecule has 1 aromatic carbocycles. The van der Waals surface area contributed by atoms with E-state index in [1.54, 1.807) is 11.8 Å². The zero-order valence-electron chi connectivity index (χ0n) is 12.0. The highest BCUT2D eigenvalue weighted by molar-refractivity contribution is 7.99. The van der Waals surface area contributed by atoms with Crippen LogP contribution in [0.2, 0.25) is 0 Å². The Kier molecular flexibility index (Phi) is 7.45. The molecule has 0 bridgehead atoms. The van der Waals surface area contributed by atoms with E-state index in [-0.39, 0.29) is 12.5 Å². The van der Waals surface area contributed by atoms with Gasteiger partial charge in [-0.05, 0) is 38.4 Å². The van der Waals surface area contributed by atoms with Gasteiger partial charge in [0.05, 0.1) is 0 Å². The average Bonchev–Trinajstić information content (AvgIpc) is 2.34. The number of hydrogen-bond acceptors (Lipinski definition) is 2. The van der Waals surface area contributed by atoms with Gasteiger partial charge in [-0.25, -0.2) is 0 Å². The quantitative estimate of drug-likeness (QED) is 0.693. The summed E-state index contributed by atoms with van der Waals surface area (Å²) in [6, 6.07) is 8.31. The van der Waals surface area contributed by atoms with Crippen molar-refractivity contribution in [2.45, 2.75) is 50.2 Å². The summed E-state index contributed by atoms with van der Waals surface area (Å²) in [4.78, 5) is 1.17. The molecule has 1 rings (SSSR count). The van der Waals surface area contributed by atoms with E-state index in [2.05, 4.69) is 11.4 Å². The Morgan fingerprint density at radius 3 is 2.65 bits per heavy atom. The van der Waals surface area contributed by atoms with Crippen molar-refractivity contribution in [2.75, 3.05) is 12.3 Å². The molecule has 0 spiro atoms. The van der Waals surface area contributed by atoms with Crippen molar-refractivity contribution in [1.82, 2.24) is 5.32 Å². The molecule has 114 valence electrons. The van der Waals surface area contributed by atoms with Crippen LogP contribution in [-0.4, -0.2) is 24.5 Å². The van der Waals surface area contributed by atoms with Crippen LogP contribution in [0.25, 0.3) is 0 Å². The van der Waals surface area contributed by atoms with Crippen molar-refractivity contribution in [1.29, 1.82) is 0 Å².